The van der Waals surface area contributed by atoms with Crippen molar-refractivity contribution in [1.29, 1.82) is 0 Å². The minimum absolute atomic E-state index is 0.176. The zero-order chi connectivity index (χ0) is 26.7. The van der Waals surface area contributed by atoms with Crippen molar-refractivity contribution in [2.75, 3.05) is 6.61 Å². The zero-order valence-corrected chi connectivity index (χ0v) is 21.1. The summed E-state index contributed by atoms with van der Waals surface area (Å²) in [7, 11) is -4.27. The van der Waals surface area contributed by atoms with Crippen LogP contribution in [0.3, 0.4) is 0 Å². The van der Waals surface area contributed by atoms with Crippen molar-refractivity contribution < 1.29 is 38.1 Å². The summed E-state index contributed by atoms with van der Waals surface area (Å²) in [6, 6.07) is 8.02. The number of aliphatic hydroxyl groups excluding tert-OH is 1. The number of carbonyl (C=O) groups is 1. The molecule has 3 rings (SSSR count). The monoisotopic (exact) mass is 527 g/mol. The number of hydrogen-bond acceptors (Lipinski definition) is 10. The Morgan fingerprint density at radius 3 is 2.53 bits per heavy atom. The van der Waals surface area contributed by atoms with Crippen molar-refractivity contribution in [2.24, 2.45) is 0 Å². The normalized spacial score (nSPS) is 26.4. The molecule has 198 valence electrons. The van der Waals surface area contributed by atoms with Crippen molar-refractivity contribution in [2.45, 2.75) is 63.9 Å². The molecule has 0 amide bonds. The minimum Gasteiger partial charge on any atom is -0.462 e. The fraction of sp³-hybridized carbons (Fsp3) is 0.500. The molecule has 1 aromatic heterocycles. The summed E-state index contributed by atoms with van der Waals surface area (Å²) in [6.07, 6.45) is -3.57. The van der Waals surface area contributed by atoms with E-state index in [0.717, 1.165) is 16.8 Å². The third-order valence-corrected chi connectivity index (χ3v) is 7.02. The lowest BCUT2D eigenvalue weighted by molar-refractivity contribution is -0.149. The maximum atomic E-state index is 13.6. The summed E-state index contributed by atoms with van der Waals surface area (Å²) < 4.78 is 36.4. The second-order valence-electron chi connectivity index (χ2n) is 8.74. The number of aromatic nitrogens is 2. The van der Waals surface area contributed by atoms with Crippen LogP contribution in [0.4, 0.5) is 0 Å². The number of aliphatic hydroxyl groups is 2. The van der Waals surface area contributed by atoms with Gasteiger partial charge in [0.15, 0.2) is 6.23 Å². The van der Waals surface area contributed by atoms with Crippen LogP contribution in [-0.2, 0) is 23.4 Å². The van der Waals surface area contributed by atoms with Crippen molar-refractivity contribution >= 4 is 13.7 Å². The number of H-pyrrole nitrogens is 1. The molecule has 13 nitrogen and oxygen atoms in total. The van der Waals surface area contributed by atoms with E-state index in [9.17, 15) is 29.2 Å². The van der Waals surface area contributed by atoms with Crippen molar-refractivity contribution in [3.05, 3.63) is 63.4 Å². The first-order chi connectivity index (χ1) is 16.8. The Balaban J connectivity index is 1.80. The Morgan fingerprint density at radius 1 is 1.25 bits per heavy atom. The molecular formula is C22H30N3O10P. The molecule has 0 aliphatic carbocycles. The lowest BCUT2D eigenvalue weighted by atomic mass is 9.95. The van der Waals surface area contributed by atoms with Crippen LogP contribution in [0, 0.1) is 0 Å². The molecular weight excluding hydrogens is 497 g/mol. The summed E-state index contributed by atoms with van der Waals surface area (Å²) in [6.45, 7) is 5.43. The molecule has 0 bridgehead atoms. The topological polar surface area (TPSA) is 178 Å². The summed E-state index contributed by atoms with van der Waals surface area (Å²) in [5, 5.41) is 24.0. The maximum absolute atomic E-state index is 13.6. The van der Waals surface area contributed by atoms with Crippen LogP contribution >= 0.6 is 7.75 Å². The molecule has 0 saturated carbocycles. The van der Waals surface area contributed by atoms with Crippen LogP contribution in [0.15, 0.2) is 52.2 Å². The summed E-state index contributed by atoms with van der Waals surface area (Å²) in [5.74, 6) is -0.517. The van der Waals surface area contributed by atoms with Gasteiger partial charge in [0.05, 0.1) is 12.7 Å². The molecule has 1 aliphatic rings. The number of nitrogens with one attached hydrogen (secondary N) is 2. The van der Waals surface area contributed by atoms with Crippen molar-refractivity contribution in [3.63, 3.8) is 0 Å². The molecule has 0 spiro atoms. The number of carbonyl (C=O) groups excluding carboxylic acids is 1. The Hall–Kier alpha value is -2.80. The van der Waals surface area contributed by atoms with Crippen molar-refractivity contribution in [1.82, 2.24) is 14.6 Å². The number of para-hydroxylation sites is 1. The van der Waals surface area contributed by atoms with E-state index in [4.69, 9.17) is 18.5 Å². The van der Waals surface area contributed by atoms with Crippen molar-refractivity contribution in [3.8, 4) is 5.75 Å². The second kappa shape index (κ2) is 11.1. The van der Waals surface area contributed by atoms with Gasteiger partial charge in [-0.3, -0.25) is 23.7 Å². The summed E-state index contributed by atoms with van der Waals surface area (Å²) >= 11 is 0. The van der Waals surface area contributed by atoms with Gasteiger partial charge in [-0.15, -0.1) is 0 Å². The third-order valence-electron chi connectivity index (χ3n) is 5.37. The smallest absolute Gasteiger partial charge is 0.459 e. The Morgan fingerprint density at radius 2 is 1.92 bits per heavy atom. The molecule has 14 heteroatoms. The predicted molar refractivity (Wildman–Crippen MR) is 126 cm³/mol. The van der Waals surface area contributed by atoms with E-state index < -0.39 is 67.8 Å². The van der Waals surface area contributed by atoms with Crippen LogP contribution in [0.2, 0.25) is 0 Å². The van der Waals surface area contributed by atoms with Gasteiger partial charge in [0.2, 0.25) is 0 Å². The highest BCUT2D eigenvalue weighted by Crippen LogP contribution is 2.47. The van der Waals surface area contributed by atoms with Gasteiger partial charge in [-0.1, -0.05) is 18.2 Å². The number of benzene rings is 1. The van der Waals surface area contributed by atoms with Gasteiger partial charge in [-0.05, 0) is 39.8 Å². The summed E-state index contributed by atoms with van der Waals surface area (Å²) in [5.41, 5.74) is -3.47. The highest BCUT2D eigenvalue weighted by molar-refractivity contribution is 7.52. The van der Waals surface area contributed by atoms with Gasteiger partial charge in [0.1, 0.15) is 29.6 Å². The molecule has 2 heterocycles. The van der Waals surface area contributed by atoms with E-state index in [2.05, 4.69) is 5.09 Å². The fourth-order valence-electron chi connectivity index (χ4n) is 3.41. The number of aromatic amines is 1. The lowest BCUT2D eigenvalue weighted by Crippen LogP contribution is -2.47. The molecule has 2 aromatic rings. The Bertz CT molecular complexity index is 1210. The molecule has 4 N–H and O–H groups in total. The van der Waals surface area contributed by atoms with Crippen LogP contribution in [0.1, 0.15) is 33.9 Å². The SMILES string of the molecule is CC(C)OC(=O)[C@H](C)NP(=O)(OC[C@H]1O[C@@H](n2ccc(=O)[nH]c2=O)[C@H](O)[C@@]1(C)O)Oc1ccccc1. The molecule has 0 radical (unpaired) electrons. The van der Waals surface area contributed by atoms with Gasteiger partial charge in [-0.25, -0.2) is 9.36 Å². The molecule has 1 saturated heterocycles. The fourth-order valence-corrected chi connectivity index (χ4v) is 4.90. The van der Waals surface area contributed by atoms with Crippen LogP contribution in [-0.4, -0.2) is 62.3 Å². The first-order valence-corrected chi connectivity index (χ1v) is 12.7. The molecule has 36 heavy (non-hydrogen) atoms. The van der Waals surface area contributed by atoms with Gasteiger partial charge in [0, 0.05) is 12.3 Å². The second-order valence-corrected chi connectivity index (χ2v) is 10.4. The number of ether oxygens (including phenoxy) is 2. The average Bonchev–Trinajstić information content (AvgIpc) is 3.01. The third kappa shape index (κ3) is 6.49. The molecule has 6 atom stereocenters. The van der Waals surface area contributed by atoms with Crippen LogP contribution in [0.25, 0.3) is 0 Å². The molecule has 1 fully saturated rings. The molecule has 1 unspecified atom stereocenters. The van der Waals surface area contributed by atoms with E-state index >= 15 is 0 Å². The number of nitrogens with zero attached hydrogens (tertiary/aromatic N) is 1. The van der Waals surface area contributed by atoms with Gasteiger partial charge >= 0.3 is 19.4 Å². The Kier molecular flexibility index (Phi) is 8.55. The standard InChI is InChI=1S/C22H30N3O10P/c1-13(2)33-20(28)14(3)24-36(31,35-15-8-6-5-7-9-15)32-12-16-22(4,30)18(27)19(34-16)25-11-10-17(26)23-21(25)29/h5-11,13-14,16,18-19,27,30H,12H2,1-4H3,(H,24,31)(H,23,26,29)/t14-,16+,18-,19+,22-,36?/m0/s1. The number of hydrogen-bond donors (Lipinski definition) is 4. The Labute approximate surface area is 206 Å². The van der Waals surface area contributed by atoms with Crippen LogP contribution < -0.4 is 20.9 Å². The highest BCUT2D eigenvalue weighted by atomic mass is 31.2. The van der Waals surface area contributed by atoms with Gasteiger partial charge in [0.25, 0.3) is 5.56 Å². The maximum Gasteiger partial charge on any atom is 0.459 e. The van der Waals surface area contributed by atoms with E-state index in [1.165, 1.54) is 26.0 Å². The number of esters is 1. The first-order valence-electron chi connectivity index (χ1n) is 11.2. The number of rotatable bonds is 10. The minimum atomic E-state index is -4.27. The quantitative estimate of drug-likeness (QED) is 0.252. The average molecular weight is 527 g/mol. The largest absolute Gasteiger partial charge is 0.462 e. The summed E-state index contributed by atoms with van der Waals surface area (Å²) in [4.78, 5) is 37.8. The first kappa shape index (κ1) is 27.8. The van der Waals surface area contributed by atoms with Gasteiger partial charge in [-0.2, -0.15) is 5.09 Å². The highest BCUT2D eigenvalue weighted by Gasteiger charge is 2.54. The molecule has 1 aromatic carbocycles. The van der Waals surface area contributed by atoms with E-state index in [1.54, 1.807) is 32.0 Å². The van der Waals surface area contributed by atoms with E-state index in [-0.39, 0.29) is 5.75 Å². The van der Waals surface area contributed by atoms with Crippen LogP contribution in [0.5, 0.6) is 5.75 Å². The van der Waals surface area contributed by atoms with Gasteiger partial charge < -0.3 is 24.2 Å². The van der Waals surface area contributed by atoms with E-state index in [1.807, 2.05) is 4.98 Å². The zero-order valence-electron chi connectivity index (χ0n) is 20.2. The van der Waals surface area contributed by atoms with E-state index in [0.29, 0.717) is 0 Å². The lowest BCUT2D eigenvalue weighted by Gasteiger charge is -2.28. The molecule has 1 aliphatic heterocycles. The predicted octanol–water partition coefficient (Wildman–Crippen LogP) is 0.679.